The van der Waals surface area contributed by atoms with E-state index in [1.165, 1.54) is 6.21 Å². The van der Waals surface area contributed by atoms with Crippen molar-refractivity contribution in [1.29, 1.82) is 0 Å². The van der Waals surface area contributed by atoms with Crippen molar-refractivity contribution in [3.63, 3.8) is 0 Å². The third-order valence-corrected chi connectivity index (χ3v) is 2.64. The number of hydrogen-bond donors (Lipinski definition) is 2. The zero-order valence-electron chi connectivity index (χ0n) is 10.5. The van der Waals surface area contributed by atoms with Crippen molar-refractivity contribution in [3.05, 3.63) is 59.7 Å². The van der Waals surface area contributed by atoms with E-state index in [1.807, 2.05) is 6.07 Å². The minimum absolute atomic E-state index is 0.154. The smallest absolute Gasteiger partial charge is 0.124 e. The SMILES string of the molecule is C/C(=N/N=C/c1ccccc1O)c1ccccc1O. The predicted molar refractivity (Wildman–Crippen MR) is 76.0 cm³/mol. The van der Waals surface area contributed by atoms with Gasteiger partial charge in [-0.05, 0) is 31.2 Å². The molecule has 4 heteroatoms. The summed E-state index contributed by atoms with van der Waals surface area (Å²) in [6.07, 6.45) is 1.47. The molecule has 0 radical (unpaired) electrons. The quantitative estimate of drug-likeness (QED) is 0.653. The molecule has 0 aliphatic heterocycles. The van der Waals surface area contributed by atoms with E-state index in [4.69, 9.17) is 0 Å². The van der Waals surface area contributed by atoms with Gasteiger partial charge in [0, 0.05) is 11.1 Å². The molecule has 2 aromatic rings. The van der Waals surface area contributed by atoms with Crippen LogP contribution in [0.3, 0.4) is 0 Å². The number of para-hydroxylation sites is 2. The Bertz CT molecular complexity index is 634. The van der Waals surface area contributed by atoms with Crippen LogP contribution in [0.25, 0.3) is 0 Å². The summed E-state index contributed by atoms with van der Waals surface area (Å²) in [5.41, 5.74) is 1.83. The highest BCUT2D eigenvalue weighted by Crippen LogP contribution is 2.17. The monoisotopic (exact) mass is 254 g/mol. The molecular formula is C15H14N2O2. The van der Waals surface area contributed by atoms with E-state index in [0.29, 0.717) is 16.8 Å². The molecule has 4 nitrogen and oxygen atoms in total. The van der Waals surface area contributed by atoms with Crippen LogP contribution in [0.2, 0.25) is 0 Å². The lowest BCUT2D eigenvalue weighted by Crippen LogP contribution is -1.94. The number of benzene rings is 2. The van der Waals surface area contributed by atoms with Crippen LogP contribution in [0.1, 0.15) is 18.1 Å². The van der Waals surface area contributed by atoms with Gasteiger partial charge >= 0.3 is 0 Å². The van der Waals surface area contributed by atoms with Crippen LogP contribution in [0.15, 0.2) is 58.7 Å². The molecule has 0 atom stereocenters. The Morgan fingerprint density at radius 1 is 0.947 bits per heavy atom. The molecule has 96 valence electrons. The summed E-state index contributed by atoms with van der Waals surface area (Å²) in [6, 6.07) is 13.8. The maximum absolute atomic E-state index is 9.67. The molecule has 0 saturated heterocycles. The molecule has 0 bridgehead atoms. The molecule has 0 unspecified atom stereocenters. The van der Waals surface area contributed by atoms with E-state index in [1.54, 1.807) is 49.4 Å². The Hall–Kier alpha value is -2.62. The number of phenolic OH excluding ortho intramolecular Hbond substituents is 2. The third-order valence-electron chi connectivity index (χ3n) is 2.64. The highest BCUT2D eigenvalue weighted by molar-refractivity contribution is 6.01. The summed E-state index contributed by atoms with van der Waals surface area (Å²) in [6.45, 7) is 1.76. The van der Waals surface area contributed by atoms with Crippen molar-refractivity contribution >= 4 is 11.9 Å². The normalized spacial score (nSPS) is 11.9. The Kier molecular flexibility index (Phi) is 3.93. The molecular weight excluding hydrogens is 240 g/mol. The average molecular weight is 254 g/mol. The zero-order chi connectivity index (χ0) is 13.7. The van der Waals surface area contributed by atoms with E-state index in [9.17, 15) is 10.2 Å². The van der Waals surface area contributed by atoms with Crippen molar-refractivity contribution < 1.29 is 10.2 Å². The molecule has 0 aromatic heterocycles. The maximum atomic E-state index is 9.67. The van der Waals surface area contributed by atoms with Crippen LogP contribution >= 0.6 is 0 Å². The summed E-state index contributed by atoms with van der Waals surface area (Å²) in [5.74, 6) is 0.322. The second kappa shape index (κ2) is 5.82. The Morgan fingerprint density at radius 2 is 1.58 bits per heavy atom. The van der Waals surface area contributed by atoms with E-state index in [-0.39, 0.29) is 11.5 Å². The highest BCUT2D eigenvalue weighted by Gasteiger charge is 2.02. The molecule has 0 heterocycles. The van der Waals surface area contributed by atoms with Crippen molar-refractivity contribution in [2.24, 2.45) is 10.2 Å². The summed E-state index contributed by atoms with van der Waals surface area (Å²) in [5, 5.41) is 27.1. The van der Waals surface area contributed by atoms with Gasteiger partial charge in [0.05, 0.1) is 11.9 Å². The average Bonchev–Trinajstić information content (AvgIpc) is 2.41. The lowest BCUT2D eigenvalue weighted by Gasteiger charge is -2.01. The zero-order valence-corrected chi connectivity index (χ0v) is 10.5. The van der Waals surface area contributed by atoms with E-state index < -0.39 is 0 Å². The number of aromatic hydroxyl groups is 2. The first-order chi connectivity index (χ1) is 9.18. The van der Waals surface area contributed by atoms with Gasteiger partial charge in [-0.3, -0.25) is 0 Å². The molecule has 0 aliphatic carbocycles. The van der Waals surface area contributed by atoms with E-state index in [0.717, 1.165) is 0 Å². The summed E-state index contributed by atoms with van der Waals surface area (Å²) >= 11 is 0. The van der Waals surface area contributed by atoms with Crippen LogP contribution < -0.4 is 0 Å². The molecule has 0 fully saturated rings. The van der Waals surface area contributed by atoms with Crippen molar-refractivity contribution in [3.8, 4) is 11.5 Å². The first-order valence-corrected chi connectivity index (χ1v) is 5.82. The first-order valence-electron chi connectivity index (χ1n) is 5.82. The second-order valence-electron chi connectivity index (χ2n) is 4.01. The van der Waals surface area contributed by atoms with Crippen molar-refractivity contribution in [1.82, 2.24) is 0 Å². The molecule has 2 rings (SSSR count). The fraction of sp³-hybridized carbons (Fsp3) is 0.0667. The van der Waals surface area contributed by atoms with Crippen molar-refractivity contribution in [2.45, 2.75) is 6.92 Å². The van der Waals surface area contributed by atoms with Crippen LogP contribution in [0.4, 0.5) is 0 Å². The molecule has 2 N–H and O–H groups in total. The van der Waals surface area contributed by atoms with E-state index in [2.05, 4.69) is 10.2 Å². The Balaban J connectivity index is 2.19. The summed E-state index contributed by atoms with van der Waals surface area (Å²) in [7, 11) is 0. The lowest BCUT2D eigenvalue weighted by atomic mass is 10.1. The fourth-order valence-electron chi connectivity index (χ4n) is 1.61. The van der Waals surface area contributed by atoms with Crippen LogP contribution in [-0.2, 0) is 0 Å². The number of phenols is 2. The minimum atomic E-state index is 0.154. The molecule has 0 aliphatic rings. The standard InChI is InChI=1S/C15H14N2O2/c1-11(13-7-3-5-9-15(13)19)17-16-10-12-6-2-4-8-14(12)18/h2-10,18-19H,1H3/b16-10+,17-11-. The van der Waals surface area contributed by atoms with E-state index >= 15 is 0 Å². The highest BCUT2D eigenvalue weighted by atomic mass is 16.3. The fourth-order valence-corrected chi connectivity index (χ4v) is 1.61. The van der Waals surface area contributed by atoms with Crippen LogP contribution in [0.5, 0.6) is 11.5 Å². The molecule has 0 saturated carbocycles. The van der Waals surface area contributed by atoms with Crippen LogP contribution in [-0.4, -0.2) is 22.1 Å². The molecule has 0 spiro atoms. The van der Waals surface area contributed by atoms with Gasteiger partial charge in [0.2, 0.25) is 0 Å². The molecule has 0 amide bonds. The molecule has 19 heavy (non-hydrogen) atoms. The number of rotatable bonds is 3. The summed E-state index contributed by atoms with van der Waals surface area (Å²) < 4.78 is 0. The maximum Gasteiger partial charge on any atom is 0.124 e. The Morgan fingerprint density at radius 3 is 2.26 bits per heavy atom. The van der Waals surface area contributed by atoms with Gasteiger partial charge in [-0.1, -0.05) is 24.3 Å². The van der Waals surface area contributed by atoms with Gasteiger partial charge in [-0.2, -0.15) is 10.2 Å². The molecule has 2 aromatic carbocycles. The predicted octanol–water partition coefficient (Wildman–Crippen LogP) is 2.94. The Labute approximate surface area is 111 Å². The first kappa shape index (κ1) is 12.8. The second-order valence-corrected chi connectivity index (χ2v) is 4.01. The van der Waals surface area contributed by atoms with Crippen LogP contribution in [0, 0.1) is 0 Å². The van der Waals surface area contributed by atoms with Gasteiger partial charge in [-0.25, -0.2) is 0 Å². The van der Waals surface area contributed by atoms with Gasteiger partial charge in [0.1, 0.15) is 11.5 Å². The number of nitrogens with zero attached hydrogens (tertiary/aromatic N) is 2. The van der Waals surface area contributed by atoms with Crippen molar-refractivity contribution in [2.75, 3.05) is 0 Å². The lowest BCUT2D eigenvalue weighted by molar-refractivity contribution is 0.473. The van der Waals surface area contributed by atoms with Gasteiger partial charge in [0.15, 0.2) is 0 Å². The van der Waals surface area contributed by atoms with Gasteiger partial charge < -0.3 is 10.2 Å². The number of hydrogen-bond acceptors (Lipinski definition) is 4. The van der Waals surface area contributed by atoms with Gasteiger partial charge in [-0.15, -0.1) is 0 Å². The minimum Gasteiger partial charge on any atom is -0.507 e. The van der Waals surface area contributed by atoms with Gasteiger partial charge in [0.25, 0.3) is 0 Å². The third kappa shape index (κ3) is 3.19. The summed E-state index contributed by atoms with van der Waals surface area (Å²) in [4.78, 5) is 0. The topological polar surface area (TPSA) is 65.2 Å². The largest absolute Gasteiger partial charge is 0.507 e.